The number of hydrogen-bond donors (Lipinski definition) is 1. The second-order valence-electron chi connectivity index (χ2n) is 4.21. The number of nitrogens with zero attached hydrogens (tertiary/aromatic N) is 5. The van der Waals surface area contributed by atoms with Crippen LogP contribution in [0.15, 0.2) is 29.4 Å². The highest BCUT2D eigenvalue weighted by Crippen LogP contribution is 2.21. The van der Waals surface area contributed by atoms with Crippen LogP contribution in [0.3, 0.4) is 0 Å². The summed E-state index contributed by atoms with van der Waals surface area (Å²) in [5.74, 6) is 0.976. The molecule has 110 valence electrons. The first-order valence-electron chi connectivity index (χ1n) is 6.05. The summed E-state index contributed by atoms with van der Waals surface area (Å²) in [6.45, 7) is 0. The van der Waals surface area contributed by atoms with E-state index in [4.69, 9.17) is 14.7 Å². The van der Waals surface area contributed by atoms with Gasteiger partial charge in [0.1, 0.15) is 5.75 Å². The minimum Gasteiger partial charge on any atom is -0.467 e. The molecule has 0 aliphatic rings. The Hall–Kier alpha value is -2.90. The van der Waals surface area contributed by atoms with Gasteiger partial charge in [0.25, 0.3) is 0 Å². The summed E-state index contributed by atoms with van der Waals surface area (Å²) in [6.07, 6.45) is 1.32. The number of aromatic nitrogens is 3. The third-order valence-corrected chi connectivity index (χ3v) is 2.46. The molecular formula is C13H15N5O3. The Morgan fingerprint density at radius 3 is 2.33 bits per heavy atom. The molecule has 21 heavy (non-hydrogen) atoms. The van der Waals surface area contributed by atoms with Crippen LogP contribution in [0.5, 0.6) is 17.8 Å². The molecule has 0 spiro atoms. The first-order chi connectivity index (χ1) is 10.1. The lowest BCUT2D eigenvalue weighted by Gasteiger charge is -2.12. The van der Waals surface area contributed by atoms with Gasteiger partial charge in [0.05, 0.1) is 13.3 Å². The Kier molecular flexibility index (Phi) is 4.50. The molecule has 0 aliphatic carbocycles. The van der Waals surface area contributed by atoms with Gasteiger partial charge in [0.15, 0.2) is 0 Å². The smallest absolute Gasteiger partial charge is 0.330 e. The predicted molar refractivity (Wildman–Crippen MR) is 76.6 cm³/mol. The zero-order chi connectivity index (χ0) is 15.2. The van der Waals surface area contributed by atoms with Crippen molar-refractivity contribution in [2.24, 2.45) is 5.16 Å². The lowest BCUT2D eigenvalue weighted by Crippen LogP contribution is -2.14. The van der Waals surface area contributed by atoms with Crippen LogP contribution in [0.25, 0.3) is 0 Å². The van der Waals surface area contributed by atoms with E-state index in [1.165, 1.54) is 13.3 Å². The molecule has 0 radical (unpaired) electrons. The molecule has 0 saturated heterocycles. The molecule has 2 rings (SSSR count). The van der Waals surface area contributed by atoms with E-state index in [-0.39, 0.29) is 12.0 Å². The van der Waals surface area contributed by atoms with E-state index in [1.54, 1.807) is 29.2 Å². The highest BCUT2D eigenvalue weighted by Gasteiger charge is 2.10. The first kappa shape index (κ1) is 14.5. The molecule has 0 amide bonds. The van der Waals surface area contributed by atoms with Crippen molar-refractivity contribution in [3.8, 4) is 17.8 Å². The lowest BCUT2D eigenvalue weighted by molar-refractivity contribution is 0.322. The first-order valence-corrected chi connectivity index (χ1v) is 6.05. The van der Waals surface area contributed by atoms with E-state index >= 15 is 0 Å². The summed E-state index contributed by atoms with van der Waals surface area (Å²) in [4.78, 5) is 14.0. The highest BCUT2D eigenvalue weighted by molar-refractivity contribution is 5.79. The van der Waals surface area contributed by atoms with Crippen molar-refractivity contribution in [1.82, 2.24) is 15.0 Å². The van der Waals surface area contributed by atoms with E-state index in [2.05, 4.69) is 20.1 Å². The van der Waals surface area contributed by atoms with Gasteiger partial charge in [0.2, 0.25) is 5.95 Å². The largest absolute Gasteiger partial charge is 0.467 e. The van der Waals surface area contributed by atoms with Crippen LogP contribution in [-0.4, -0.2) is 47.6 Å². The predicted octanol–water partition coefficient (Wildman–Crippen LogP) is 1.55. The number of hydrogen-bond acceptors (Lipinski definition) is 8. The monoisotopic (exact) mass is 289 g/mol. The molecule has 0 atom stereocenters. The standard InChI is InChI=1S/C13H15N5O3/c1-18(2)11-15-12(20-3)17-13(16-11)21-10-6-4-9(5-7-10)8-14-19/h4-8,19H,1-3H3/b14-8-. The van der Waals surface area contributed by atoms with Gasteiger partial charge in [-0.2, -0.15) is 9.97 Å². The van der Waals surface area contributed by atoms with E-state index < -0.39 is 0 Å². The van der Waals surface area contributed by atoms with Crippen LogP contribution in [0.4, 0.5) is 5.95 Å². The Morgan fingerprint density at radius 1 is 1.10 bits per heavy atom. The summed E-state index contributed by atoms with van der Waals surface area (Å²) >= 11 is 0. The summed E-state index contributed by atoms with van der Waals surface area (Å²) in [5, 5.41) is 11.4. The maximum Gasteiger partial charge on any atom is 0.330 e. The van der Waals surface area contributed by atoms with Gasteiger partial charge in [0, 0.05) is 14.1 Å². The normalized spacial score (nSPS) is 10.6. The number of oxime groups is 1. The minimum absolute atomic E-state index is 0.133. The van der Waals surface area contributed by atoms with E-state index in [9.17, 15) is 0 Å². The minimum atomic E-state index is 0.133. The number of methoxy groups -OCH3 is 1. The van der Waals surface area contributed by atoms with Gasteiger partial charge in [-0.05, 0) is 29.8 Å². The third kappa shape index (κ3) is 3.78. The van der Waals surface area contributed by atoms with Crippen LogP contribution in [0, 0.1) is 0 Å². The van der Waals surface area contributed by atoms with Crippen LogP contribution in [0.2, 0.25) is 0 Å². The fourth-order valence-electron chi connectivity index (χ4n) is 1.46. The highest BCUT2D eigenvalue weighted by atomic mass is 16.5. The summed E-state index contributed by atoms with van der Waals surface area (Å²) in [6, 6.07) is 7.20. The van der Waals surface area contributed by atoms with Crippen molar-refractivity contribution in [1.29, 1.82) is 0 Å². The molecule has 0 saturated carbocycles. The van der Waals surface area contributed by atoms with Gasteiger partial charge < -0.3 is 19.6 Å². The second kappa shape index (κ2) is 6.51. The Morgan fingerprint density at radius 2 is 1.76 bits per heavy atom. The van der Waals surface area contributed by atoms with Crippen LogP contribution >= 0.6 is 0 Å². The fraction of sp³-hybridized carbons (Fsp3) is 0.231. The molecule has 0 unspecified atom stereocenters. The maximum atomic E-state index is 8.46. The van der Waals surface area contributed by atoms with Crippen LogP contribution < -0.4 is 14.4 Å². The molecule has 8 heteroatoms. The molecule has 1 aromatic heterocycles. The third-order valence-electron chi connectivity index (χ3n) is 2.46. The summed E-state index contributed by atoms with van der Waals surface area (Å²) < 4.78 is 10.6. The van der Waals surface area contributed by atoms with Gasteiger partial charge >= 0.3 is 12.0 Å². The van der Waals surface area contributed by atoms with Crippen molar-refractivity contribution in [2.75, 3.05) is 26.1 Å². The maximum absolute atomic E-state index is 8.46. The van der Waals surface area contributed by atoms with E-state index in [1.807, 2.05) is 14.1 Å². The number of anilines is 1. The Balaban J connectivity index is 2.23. The molecule has 8 nitrogen and oxygen atoms in total. The topological polar surface area (TPSA) is 93.0 Å². The van der Waals surface area contributed by atoms with Crippen molar-refractivity contribution in [3.05, 3.63) is 29.8 Å². The summed E-state index contributed by atoms with van der Waals surface area (Å²) in [5.41, 5.74) is 0.743. The number of rotatable bonds is 5. The van der Waals surface area contributed by atoms with Gasteiger partial charge in [-0.3, -0.25) is 0 Å². The van der Waals surface area contributed by atoms with Crippen molar-refractivity contribution in [2.45, 2.75) is 0 Å². The number of benzene rings is 1. The zero-order valence-corrected chi connectivity index (χ0v) is 11.9. The van der Waals surface area contributed by atoms with Crippen molar-refractivity contribution >= 4 is 12.2 Å². The molecule has 1 aromatic carbocycles. The van der Waals surface area contributed by atoms with Gasteiger partial charge in [-0.1, -0.05) is 5.16 Å². The lowest BCUT2D eigenvalue weighted by atomic mass is 10.2. The fourth-order valence-corrected chi connectivity index (χ4v) is 1.46. The SMILES string of the molecule is COc1nc(Oc2ccc(/C=N\O)cc2)nc(N(C)C)n1. The molecule has 0 fully saturated rings. The van der Waals surface area contributed by atoms with Gasteiger partial charge in [-0.15, -0.1) is 4.98 Å². The average Bonchev–Trinajstić information content (AvgIpc) is 2.49. The molecule has 0 bridgehead atoms. The molecule has 0 aliphatic heterocycles. The van der Waals surface area contributed by atoms with Crippen molar-refractivity contribution < 1.29 is 14.7 Å². The molecule has 1 N–H and O–H groups in total. The second-order valence-corrected chi connectivity index (χ2v) is 4.21. The van der Waals surface area contributed by atoms with E-state index in [0.29, 0.717) is 11.7 Å². The quantitative estimate of drug-likeness (QED) is 0.507. The summed E-state index contributed by atoms with van der Waals surface area (Å²) in [7, 11) is 5.09. The zero-order valence-electron chi connectivity index (χ0n) is 11.9. The van der Waals surface area contributed by atoms with Crippen molar-refractivity contribution in [3.63, 3.8) is 0 Å². The van der Waals surface area contributed by atoms with Crippen LogP contribution in [-0.2, 0) is 0 Å². The number of ether oxygens (including phenoxy) is 2. The molecule has 1 heterocycles. The Labute approximate surface area is 121 Å². The molecule has 2 aromatic rings. The van der Waals surface area contributed by atoms with Crippen LogP contribution in [0.1, 0.15) is 5.56 Å². The average molecular weight is 289 g/mol. The molecular weight excluding hydrogens is 274 g/mol. The Bertz CT molecular complexity index is 628. The van der Waals surface area contributed by atoms with Gasteiger partial charge in [-0.25, -0.2) is 0 Å². The van der Waals surface area contributed by atoms with E-state index in [0.717, 1.165) is 5.56 Å².